The Morgan fingerprint density at radius 2 is 0.803 bits per heavy atom. The van der Waals surface area contributed by atoms with Crippen molar-refractivity contribution in [2.45, 2.75) is 6.42 Å². The summed E-state index contributed by atoms with van der Waals surface area (Å²) in [6.45, 7) is 11.1. The van der Waals surface area contributed by atoms with Crippen LogP contribution in [0.4, 0.5) is 0 Å². The van der Waals surface area contributed by atoms with Gasteiger partial charge in [-0.15, -0.1) is 0 Å². The van der Waals surface area contributed by atoms with Crippen molar-refractivity contribution in [1.29, 1.82) is 0 Å². The lowest BCUT2D eigenvalue weighted by molar-refractivity contribution is -0.157. The van der Waals surface area contributed by atoms with Crippen LogP contribution in [-0.2, 0) is 61.9 Å². The summed E-state index contributed by atoms with van der Waals surface area (Å²) in [5, 5.41) is 1.86. The smallest absolute Gasteiger partial charge is 0.347 e. The minimum absolute atomic E-state index is 0.114. The highest BCUT2D eigenvalue weighted by molar-refractivity contribution is 6.26. The van der Waals surface area contributed by atoms with Gasteiger partial charge in [0.05, 0.1) is 74.3 Å². The predicted molar refractivity (Wildman–Crippen MR) is 244 cm³/mol. The van der Waals surface area contributed by atoms with Crippen LogP contribution >= 0.6 is 0 Å². The molecule has 4 saturated heterocycles. The quantitative estimate of drug-likeness (QED) is 0.105. The molecule has 2 saturated carbocycles. The number of rotatable bonds is 2. The molecule has 0 N–H and O–H groups in total. The van der Waals surface area contributed by atoms with Crippen molar-refractivity contribution in [2.75, 3.05) is 0 Å². The Hall–Kier alpha value is -9.99. The fourth-order valence-electron chi connectivity index (χ4n) is 11.8. The van der Waals surface area contributed by atoms with E-state index in [9.17, 15) is 62.3 Å². The van der Waals surface area contributed by atoms with E-state index < -0.39 is 101 Å². The van der Waals surface area contributed by atoms with Gasteiger partial charge in [-0.25, -0.2) is 33.6 Å². The van der Waals surface area contributed by atoms with E-state index in [1.807, 2.05) is 12.2 Å². The molecule has 6 fully saturated rings. The third-order valence-electron chi connectivity index (χ3n) is 15.1. The SMILES string of the molecule is C=C1OC(=O)C2C1CC1C(=O)OC(=O)C12.C=C1OC(=O)C2C3C=CC(C12)C1C(=O)OC(=O)C31.C=c1oc(=O)c2ccc3c4c(ccc1c42)C(=O)OC3=O.O=C1OC(=O)c2cc(Oc3ccc4c(c3)C(=O)OC4=O)ccc21. The maximum Gasteiger partial charge on any atom is 0.347 e. The first-order valence-electron chi connectivity index (χ1n) is 23.1. The summed E-state index contributed by atoms with van der Waals surface area (Å²) in [7, 11) is 0. The van der Waals surface area contributed by atoms with Crippen molar-refractivity contribution >= 4 is 99.8 Å². The summed E-state index contributed by atoms with van der Waals surface area (Å²) in [5.41, 5.74) is 0.767. The second kappa shape index (κ2) is 16.8. The molecule has 2 bridgehead atoms. The zero-order chi connectivity index (χ0) is 53.5. The topological polar surface area (TPSA) is 309 Å². The molecular formula is C54H30O22. The Bertz CT molecular complexity index is 3610. The molecule has 10 unspecified atom stereocenters. The van der Waals surface area contributed by atoms with E-state index in [1.54, 1.807) is 12.1 Å². The molecule has 4 aliphatic carbocycles. The Kier molecular flexibility index (Phi) is 10.4. The first kappa shape index (κ1) is 47.0. The van der Waals surface area contributed by atoms with Crippen LogP contribution in [0.15, 0.2) is 107 Å². The van der Waals surface area contributed by atoms with Gasteiger partial charge in [-0.2, -0.15) is 0 Å². The minimum atomic E-state index is -0.737. The lowest BCUT2D eigenvalue weighted by Gasteiger charge is -2.43. The van der Waals surface area contributed by atoms with Crippen LogP contribution in [0.3, 0.4) is 0 Å². The number of allylic oxidation sites excluding steroid dienone is 4. The van der Waals surface area contributed by atoms with Gasteiger partial charge in [-0.1, -0.05) is 31.9 Å². The van der Waals surface area contributed by atoms with Crippen molar-refractivity contribution < 1.29 is 99.8 Å². The molecule has 378 valence electrons. The van der Waals surface area contributed by atoms with Gasteiger partial charge in [-0.3, -0.25) is 28.8 Å². The normalized spacial score (nSPS) is 28.1. The summed E-state index contributed by atoms with van der Waals surface area (Å²) in [5.74, 6) is -9.75. The number of carbonyl (C=O) groups excluding carboxylic acids is 12. The number of esters is 12. The molecule has 0 amide bonds. The van der Waals surface area contributed by atoms with Crippen molar-refractivity contribution in [3.8, 4) is 11.5 Å². The molecule has 1 aromatic heterocycles. The standard InChI is InChI=1S/C16H6O7.C15H6O5.C13H10O5.C10H8O5/c17-13-9-3-1-7(5-11(9)15(19)22-13)21-8-2-4-10-12(6-8)16(20)23-14(10)18;1-6-7-2-3-9-12-10(15(18)20-14(9)17)5-4-8(11(7)12)13(16)19-6;1-4-7-5-2-3-6(8(7)11(14)17-4)10-9(5)12(15)18-13(10)16;1-3-4-2-5-7(6(4)9(12)14-3)10(13)15-8(5)11/h1-6H;2-5H,1H2;2-3,5-10H,1H2;4-7H,1-2H2. The van der Waals surface area contributed by atoms with Gasteiger partial charge < -0.3 is 42.3 Å². The first-order valence-corrected chi connectivity index (χ1v) is 23.1. The lowest BCUT2D eigenvalue weighted by Crippen LogP contribution is -2.49. The molecule has 11 aliphatic rings. The first-order chi connectivity index (χ1) is 36.3. The number of fused-ring (bicyclic) bond motifs is 5. The number of ether oxygens (including phenoxy) is 8. The Labute approximate surface area is 422 Å². The van der Waals surface area contributed by atoms with Gasteiger partial charge in [0.1, 0.15) is 28.4 Å². The fraction of sp³-hybridized carbons (Fsp3) is 0.204. The van der Waals surface area contributed by atoms with Crippen molar-refractivity contribution in [1.82, 2.24) is 0 Å². The van der Waals surface area contributed by atoms with E-state index in [2.05, 4.69) is 38.7 Å². The molecule has 22 heteroatoms. The third-order valence-corrected chi connectivity index (χ3v) is 15.1. The van der Waals surface area contributed by atoms with Crippen LogP contribution < -0.4 is 15.8 Å². The van der Waals surface area contributed by atoms with Crippen LogP contribution in [-0.4, -0.2) is 71.6 Å². The molecule has 5 aromatic rings. The van der Waals surface area contributed by atoms with E-state index in [-0.39, 0.29) is 85.9 Å². The van der Waals surface area contributed by atoms with Gasteiger partial charge in [0, 0.05) is 39.8 Å². The molecule has 8 heterocycles. The number of hydrogen-bond donors (Lipinski definition) is 0. The van der Waals surface area contributed by atoms with Crippen molar-refractivity contribution in [2.24, 2.45) is 59.2 Å². The summed E-state index contributed by atoms with van der Waals surface area (Å²) >= 11 is 0. The van der Waals surface area contributed by atoms with E-state index in [4.69, 9.17) is 23.4 Å². The summed E-state index contributed by atoms with van der Waals surface area (Å²) < 4.78 is 43.5. The second-order valence-electron chi connectivity index (χ2n) is 18.8. The van der Waals surface area contributed by atoms with Crippen LogP contribution in [0.2, 0.25) is 0 Å². The molecule has 4 aromatic carbocycles. The van der Waals surface area contributed by atoms with Crippen LogP contribution in [0.5, 0.6) is 11.5 Å². The maximum atomic E-state index is 11.9. The van der Waals surface area contributed by atoms with Gasteiger partial charge in [-0.05, 0) is 67.1 Å². The zero-order valence-electron chi connectivity index (χ0n) is 38.5. The van der Waals surface area contributed by atoms with Gasteiger partial charge in [0.15, 0.2) is 0 Å². The minimum Gasteiger partial charge on any atom is -0.457 e. The molecule has 0 spiro atoms. The summed E-state index contributed by atoms with van der Waals surface area (Å²) in [6, 6.07) is 14.7. The molecule has 0 radical (unpaired) electrons. The zero-order valence-corrected chi connectivity index (χ0v) is 38.5. The van der Waals surface area contributed by atoms with E-state index in [0.717, 1.165) is 0 Å². The largest absolute Gasteiger partial charge is 0.457 e. The fourth-order valence-corrected chi connectivity index (χ4v) is 11.8. The summed E-state index contributed by atoms with van der Waals surface area (Å²) in [4.78, 5) is 151. The monoisotopic (exact) mass is 1030 g/mol. The number of hydrogen-bond acceptors (Lipinski definition) is 22. The summed E-state index contributed by atoms with van der Waals surface area (Å²) in [6.07, 6.45) is 4.19. The van der Waals surface area contributed by atoms with Gasteiger partial charge in [0.25, 0.3) is 0 Å². The Morgan fingerprint density at radius 1 is 0.382 bits per heavy atom. The van der Waals surface area contributed by atoms with Gasteiger partial charge >= 0.3 is 77.3 Å². The van der Waals surface area contributed by atoms with E-state index in [1.165, 1.54) is 48.5 Å². The highest BCUT2D eigenvalue weighted by Crippen LogP contribution is 2.59. The van der Waals surface area contributed by atoms with E-state index in [0.29, 0.717) is 39.5 Å². The molecular weight excluding hydrogens is 1000 g/mol. The number of carbonyl (C=O) groups is 12. The molecule has 10 atom stereocenters. The van der Waals surface area contributed by atoms with E-state index >= 15 is 0 Å². The second-order valence-corrected chi connectivity index (χ2v) is 18.8. The number of benzene rings is 4. The third kappa shape index (κ3) is 6.97. The Balaban J connectivity index is 0.000000103. The highest BCUT2D eigenvalue weighted by Gasteiger charge is 2.66. The van der Waals surface area contributed by atoms with Crippen LogP contribution in [0.1, 0.15) is 68.6 Å². The number of cyclic esters (lactones) is 12. The Morgan fingerprint density at radius 3 is 1.38 bits per heavy atom. The van der Waals surface area contributed by atoms with Crippen molar-refractivity contribution in [3.05, 3.63) is 147 Å². The molecule has 76 heavy (non-hydrogen) atoms. The molecule has 7 aliphatic heterocycles. The molecule has 16 rings (SSSR count). The predicted octanol–water partition coefficient (Wildman–Crippen LogP) is 3.92. The van der Waals surface area contributed by atoms with Gasteiger partial charge in [0.2, 0.25) is 0 Å². The van der Waals surface area contributed by atoms with Crippen LogP contribution in [0.25, 0.3) is 28.1 Å². The lowest BCUT2D eigenvalue weighted by atomic mass is 9.54. The highest BCUT2D eigenvalue weighted by atomic mass is 16.6. The van der Waals surface area contributed by atoms with Crippen LogP contribution in [0, 0.1) is 59.2 Å². The molecule has 22 nitrogen and oxygen atoms in total. The average molecular weight is 1030 g/mol. The van der Waals surface area contributed by atoms with Crippen molar-refractivity contribution in [3.63, 3.8) is 0 Å². The maximum absolute atomic E-state index is 11.9. The average Bonchev–Trinajstić information content (AvgIpc) is 4.37.